The van der Waals surface area contributed by atoms with Crippen molar-refractivity contribution in [2.75, 3.05) is 0 Å². The molecule has 3 rings (SSSR count). The molecule has 0 aliphatic carbocycles. The Bertz CT molecular complexity index is 629. The fraction of sp³-hybridized carbons (Fsp3) is 0.200. The monoisotopic (exact) mass is 268 g/mol. The molecular formula is C15H16N4O. The van der Waals surface area contributed by atoms with Crippen LogP contribution < -0.4 is 0 Å². The van der Waals surface area contributed by atoms with Gasteiger partial charge in [-0.15, -0.1) is 0 Å². The summed E-state index contributed by atoms with van der Waals surface area (Å²) in [5.41, 5.74) is 2.86. The van der Waals surface area contributed by atoms with Crippen molar-refractivity contribution in [2.45, 2.75) is 20.0 Å². The number of hydrogen-bond donors (Lipinski definition) is 1. The summed E-state index contributed by atoms with van der Waals surface area (Å²) in [6.45, 7) is 3.15. The van der Waals surface area contributed by atoms with Gasteiger partial charge in [0, 0.05) is 35.9 Å². The number of aryl methyl sites for hydroxylation is 1. The quantitative estimate of drug-likeness (QED) is 0.789. The fourth-order valence-corrected chi connectivity index (χ4v) is 2.31. The van der Waals surface area contributed by atoms with E-state index in [9.17, 15) is 5.11 Å². The summed E-state index contributed by atoms with van der Waals surface area (Å²) in [7, 11) is 0. The minimum Gasteiger partial charge on any atom is -0.507 e. The summed E-state index contributed by atoms with van der Waals surface area (Å²) < 4.78 is 3.60. The molecule has 0 aliphatic rings. The molecule has 0 saturated carbocycles. The second-order valence-corrected chi connectivity index (χ2v) is 4.84. The lowest BCUT2D eigenvalue weighted by Crippen LogP contribution is -2.05. The summed E-state index contributed by atoms with van der Waals surface area (Å²) in [4.78, 5) is 0. The Morgan fingerprint density at radius 2 is 1.45 bits per heavy atom. The van der Waals surface area contributed by atoms with E-state index in [1.807, 2.05) is 43.6 Å². The van der Waals surface area contributed by atoms with Crippen LogP contribution in [0.2, 0.25) is 0 Å². The number of phenols is 1. The maximum Gasteiger partial charge on any atom is 0.125 e. The zero-order valence-corrected chi connectivity index (χ0v) is 11.3. The van der Waals surface area contributed by atoms with Crippen LogP contribution in [0.1, 0.15) is 16.7 Å². The van der Waals surface area contributed by atoms with Crippen LogP contribution in [0.3, 0.4) is 0 Å². The molecule has 1 aromatic carbocycles. The zero-order chi connectivity index (χ0) is 13.9. The lowest BCUT2D eigenvalue weighted by molar-refractivity contribution is 0.452. The van der Waals surface area contributed by atoms with Crippen molar-refractivity contribution < 1.29 is 5.11 Å². The molecule has 0 bridgehead atoms. The van der Waals surface area contributed by atoms with Gasteiger partial charge in [0.1, 0.15) is 5.75 Å². The minimum atomic E-state index is 0.321. The zero-order valence-electron chi connectivity index (χ0n) is 11.3. The Morgan fingerprint density at radius 1 is 0.950 bits per heavy atom. The van der Waals surface area contributed by atoms with E-state index in [1.54, 1.807) is 21.8 Å². The van der Waals surface area contributed by atoms with Crippen LogP contribution in [-0.2, 0) is 13.1 Å². The van der Waals surface area contributed by atoms with Crippen molar-refractivity contribution in [1.29, 1.82) is 0 Å². The number of benzene rings is 1. The van der Waals surface area contributed by atoms with Gasteiger partial charge in [-0.3, -0.25) is 9.36 Å². The third-order valence-corrected chi connectivity index (χ3v) is 3.20. The van der Waals surface area contributed by atoms with Crippen LogP contribution in [0.15, 0.2) is 49.1 Å². The molecule has 0 atom stereocenters. The molecule has 0 unspecified atom stereocenters. The van der Waals surface area contributed by atoms with E-state index in [1.165, 1.54) is 0 Å². The van der Waals surface area contributed by atoms with Gasteiger partial charge in [-0.1, -0.05) is 17.7 Å². The van der Waals surface area contributed by atoms with E-state index in [0.29, 0.717) is 18.8 Å². The molecule has 0 saturated heterocycles. The molecule has 5 heteroatoms. The summed E-state index contributed by atoms with van der Waals surface area (Å²) in [6, 6.07) is 7.72. The molecule has 0 aliphatic heterocycles. The molecular weight excluding hydrogens is 252 g/mol. The van der Waals surface area contributed by atoms with Gasteiger partial charge >= 0.3 is 0 Å². The highest BCUT2D eigenvalue weighted by molar-refractivity contribution is 5.43. The van der Waals surface area contributed by atoms with Crippen molar-refractivity contribution in [1.82, 2.24) is 19.6 Å². The van der Waals surface area contributed by atoms with Crippen LogP contribution in [0.4, 0.5) is 0 Å². The Morgan fingerprint density at radius 3 is 1.85 bits per heavy atom. The maximum atomic E-state index is 10.4. The smallest absolute Gasteiger partial charge is 0.125 e. The second kappa shape index (κ2) is 5.21. The van der Waals surface area contributed by atoms with Gasteiger partial charge in [-0.2, -0.15) is 10.2 Å². The Kier molecular flexibility index (Phi) is 3.25. The predicted octanol–water partition coefficient (Wildman–Crippen LogP) is 2.19. The molecule has 0 fully saturated rings. The number of aromatic hydroxyl groups is 1. The molecule has 102 valence electrons. The van der Waals surface area contributed by atoms with E-state index >= 15 is 0 Å². The van der Waals surface area contributed by atoms with Crippen molar-refractivity contribution >= 4 is 0 Å². The van der Waals surface area contributed by atoms with Gasteiger partial charge in [0.05, 0.1) is 13.1 Å². The van der Waals surface area contributed by atoms with Gasteiger partial charge < -0.3 is 5.11 Å². The average Bonchev–Trinajstić information content (AvgIpc) is 3.08. The van der Waals surface area contributed by atoms with Crippen LogP contribution in [-0.4, -0.2) is 24.7 Å². The van der Waals surface area contributed by atoms with Gasteiger partial charge in [0.25, 0.3) is 0 Å². The van der Waals surface area contributed by atoms with Gasteiger partial charge in [0.2, 0.25) is 0 Å². The molecule has 0 radical (unpaired) electrons. The first-order chi connectivity index (χ1) is 9.72. The van der Waals surface area contributed by atoms with Crippen LogP contribution >= 0.6 is 0 Å². The lowest BCUT2D eigenvalue weighted by Gasteiger charge is -2.12. The summed E-state index contributed by atoms with van der Waals surface area (Å²) in [5, 5.41) is 18.8. The van der Waals surface area contributed by atoms with Gasteiger partial charge in [-0.05, 0) is 19.1 Å². The van der Waals surface area contributed by atoms with Crippen LogP contribution in [0.5, 0.6) is 5.75 Å². The van der Waals surface area contributed by atoms with Crippen molar-refractivity contribution in [3.8, 4) is 5.75 Å². The average molecular weight is 268 g/mol. The first-order valence-electron chi connectivity index (χ1n) is 6.48. The lowest BCUT2D eigenvalue weighted by atomic mass is 10.0. The van der Waals surface area contributed by atoms with E-state index in [2.05, 4.69) is 10.2 Å². The normalized spacial score (nSPS) is 10.8. The Hall–Kier alpha value is -2.56. The highest BCUT2D eigenvalue weighted by atomic mass is 16.3. The van der Waals surface area contributed by atoms with E-state index in [0.717, 1.165) is 16.7 Å². The maximum absolute atomic E-state index is 10.4. The third-order valence-electron chi connectivity index (χ3n) is 3.20. The van der Waals surface area contributed by atoms with E-state index in [-0.39, 0.29) is 0 Å². The van der Waals surface area contributed by atoms with Gasteiger partial charge in [0.15, 0.2) is 0 Å². The largest absolute Gasteiger partial charge is 0.507 e. The first kappa shape index (κ1) is 12.5. The number of aromatic nitrogens is 4. The Balaban J connectivity index is 1.92. The standard InChI is InChI=1S/C15H16N4O/c1-12-8-13(10-18-6-2-4-16-18)15(20)14(9-12)11-19-7-3-5-17-19/h2-9,20H,10-11H2,1H3. The second-order valence-electron chi connectivity index (χ2n) is 4.84. The molecule has 2 aromatic heterocycles. The third kappa shape index (κ3) is 2.56. The number of rotatable bonds is 4. The minimum absolute atomic E-state index is 0.321. The van der Waals surface area contributed by atoms with Crippen LogP contribution in [0.25, 0.3) is 0 Å². The Labute approximate surface area is 117 Å². The topological polar surface area (TPSA) is 55.9 Å². The molecule has 20 heavy (non-hydrogen) atoms. The molecule has 0 spiro atoms. The van der Waals surface area contributed by atoms with Crippen molar-refractivity contribution in [2.24, 2.45) is 0 Å². The number of phenolic OH excluding ortho intramolecular Hbond substituents is 1. The van der Waals surface area contributed by atoms with Gasteiger partial charge in [-0.25, -0.2) is 0 Å². The van der Waals surface area contributed by atoms with E-state index in [4.69, 9.17) is 0 Å². The summed E-state index contributed by atoms with van der Waals surface area (Å²) in [6.07, 6.45) is 7.24. The highest BCUT2D eigenvalue weighted by Gasteiger charge is 2.10. The van der Waals surface area contributed by atoms with Crippen molar-refractivity contribution in [3.63, 3.8) is 0 Å². The first-order valence-corrected chi connectivity index (χ1v) is 6.48. The highest BCUT2D eigenvalue weighted by Crippen LogP contribution is 2.26. The number of nitrogens with zero attached hydrogens (tertiary/aromatic N) is 4. The summed E-state index contributed by atoms with van der Waals surface area (Å²) >= 11 is 0. The fourth-order valence-electron chi connectivity index (χ4n) is 2.31. The molecule has 2 heterocycles. The molecule has 3 aromatic rings. The molecule has 1 N–H and O–H groups in total. The van der Waals surface area contributed by atoms with Crippen molar-refractivity contribution in [3.05, 3.63) is 65.7 Å². The predicted molar refractivity (Wildman–Crippen MR) is 75.5 cm³/mol. The number of hydrogen-bond acceptors (Lipinski definition) is 3. The molecule has 0 amide bonds. The van der Waals surface area contributed by atoms with Crippen LogP contribution in [0, 0.1) is 6.92 Å². The summed E-state index contributed by atoms with van der Waals surface area (Å²) in [5.74, 6) is 0.321. The van der Waals surface area contributed by atoms with E-state index < -0.39 is 0 Å². The SMILES string of the molecule is Cc1cc(Cn2cccn2)c(O)c(Cn2cccn2)c1. The molecule has 5 nitrogen and oxygen atoms in total.